The number of pyridine rings is 1. The zero-order chi connectivity index (χ0) is 22.6. The van der Waals surface area contributed by atoms with Gasteiger partial charge in [-0.25, -0.2) is 9.48 Å². The Hall–Kier alpha value is -3.60. The Morgan fingerprint density at radius 3 is 2.52 bits per heavy atom. The fourth-order valence-corrected chi connectivity index (χ4v) is 2.85. The summed E-state index contributed by atoms with van der Waals surface area (Å²) in [6.07, 6.45) is -0.190. The van der Waals surface area contributed by atoms with Crippen molar-refractivity contribution < 1.29 is 27.5 Å². The SMILES string of the molecule is CCN(C(=O)NC(=O)c1ccc(OC(F)(F)F)cc1)c1cn(-c2cccnc2)nc1Cl. The average molecular weight is 454 g/mol. The predicted octanol–water partition coefficient (Wildman–Crippen LogP) is 4.20. The molecule has 1 N–H and O–H groups in total. The number of anilines is 1. The lowest BCUT2D eigenvalue weighted by atomic mass is 10.2. The van der Waals surface area contributed by atoms with Crippen molar-refractivity contribution in [3.05, 3.63) is 65.7 Å². The summed E-state index contributed by atoms with van der Waals surface area (Å²) in [5.41, 5.74) is 0.840. The van der Waals surface area contributed by atoms with Gasteiger partial charge in [-0.2, -0.15) is 5.10 Å². The normalized spacial score (nSPS) is 11.1. The van der Waals surface area contributed by atoms with Crippen LogP contribution in [0.25, 0.3) is 5.69 Å². The van der Waals surface area contributed by atoms with Gasteiger partial charge < -0.3 is 4.74 Å². The first kappa shape index (κ1) is 22.1. The van der Waals surface area contributed by atoms with E-state index < -0.39 is 24.1 Å². The molecule has 162 valence electrons. The van der Waals surface area contributed by atoms with Gasteiger partial charge in [0, 0.05) is 18.3 Å². The Morgan fingerprint density at radius 2 is 1.94 bits per heavy atom. The molecule has 0 atom stereocenters. The van der Waals surface area contributed by atoms with Crippen LogP contribution < -0.4 is 15.0 Å². The van der Waals surface area contributed by atoms with Crippen molar-refractivity contribution in [2.75, 3.05) is 11.4 Å². The van der Waals surface area contributed by atoms with E-state index in [1.54, 1.807) is 31.5 Å². The van der Waals surface area contributed by atoms with Crippen LogP contribution in [0.5, 0.6) is 5.75 Å². The molecule has 0 aliphatic heterocycles. The second-order valence-corrected chi connectivity index (χ2v) is 6.39. The van der Waals surface area contributed by atoms with Gasteiger partial charge in [0.15, 0.2) is 5.15 Å². The summed E-state index contributed by atoms with van der Waals surface area (Å²) in [5.74, 6) is -1.29. The third-order valence-electron chi connectivity index (χ3n) is 3.98. The highest BCUT2D eigenvalue weighted by Crippen LogP contribution is 2.26. The number of rotatable bonds is 5. The molecule has 0 unspecified atom stereocenters. The van der Waals surface area contributed by atoms with Crippen LogP contribution in [-0.4, -0.2) is 39.6 Å². The number of nitrogens with zero attached hydrogens (tertiary/aromatic N) is 4. The number of urea groups is 1. The summed E-state index contributed by atoms with van der Waals surface area (Å²) in [5, 5.41) is 6.33. The van der Waals surface area contributed by atoms with Gasteiger partial charge in [-0.05, 0) is 43.3 Å². The lowest BCUT2D eigenvalue weighted by Crippen LogP contribution is -2.43. The molecule has 0 saturated heterocycles. The van der Waals surface area contributed by atoms with E-state index in [4.69, 9.17) is 11.6 Å². The third kappa shape index (κ3) is 5.51. The van der Waals surface area contributed by atoms with Gasteiger partial charge in [0.05, 0.1) is 18.1 Å². The quantitative estimate of drug-likeness (QED) is 0.625. The molecule has 3 rings (SSSR count). The monoisotopic (exact) mass is 453 g/mol. The van der Waals surface area contributed by atoms with Crippen LogP contribution >= 0.6 is 11.6 Å². The number of nitrogens with one attached hydrogen (secondary N) is 1. The molecule has 0 saturated carbocycles. The Kier molecular flexibility index (Phi) is 6.44. The summed E-state index contributed by atoms with van der Waals surface area (Å²) < 4.78 is 41.9. The molecule has 3 aromatic rings. The summed E-state index contributed by atoms with van der Waals surface area (Å²) in [6.45, 7) is 1.83. The maximum absolute atomic E-state index is 12.6. The number of ether oxygens (including phenoxy) is 1. The Labute approximate surface area is 179 Å². The smallest absolute Gasteiger partial charge is 0.406 e. The maximum Gasteiger partial charge on any atom is 0.573 e. The Bertz CT molecular complexity index is 1070. The van der Waals surface area contributed by atoms with Crippen LogP contribution in [-0.2, 0) is 0 Å². The van der Waals surface area contributed by atoms with Crippen molar-refractivity contribution in [2.24, 2.45) is 0 Å². The highest BCUT2D eigenvalue weighted by Gasteiger charge is 2.31. The van der Waals surface area contributed by atoms with Crippen molar-refractivity contribution in [1.29, 1.82) is 0 Å². The van der Waals surface area contributed by atoms with E-state index in [1.807, 2.05) is 0 Å². The second kappa shape index (κ2) is 9.04. The van der Waals surface area contributed by atoms with Gasteiger partial charge in [0.2, 0.25) is 0 Å². The number of halogens is 4. The van der Waals surface area contributed by atoms with Crippen molar-refractivity contribution >= 4 is 29.2 Å². The number of alkyl halides is 3. The van der Waals surface area contributed by atoms with Crippen LogP contribution in [0.1, 0.15) is 17.3 Å². The zero-order valence-corrected chi connectivity index (χ0v) is 16.7. The van der Waals surface area contributed by atoms with Crippen LogP contribution in [0.15, 0.2) is 55.0 Å². The summed E-state index contributed by atoms with van der Waals surface area (Å²) in [7, 11) is 0. The molecule has 0 aliphatic rings. The number of carbonyl (C=O) groups is 2. The highest BCUT2D eigenvalue weighted by atomic mass is 35.5. The van der Waals surface area contributed by atoms with Crippen molar-refractivity contribution in [3.63, 3.8) is 0 Å². The van der Waals surface area contributed by atoms with Gasteiger partial charge in [0.1, 0.15) is 11.4 Å². The maximum atomic E-state index is 12.6. The molecule has 0 aliphatic carbocycles. The molecule has 1 aromatic carbocycles. The molecule has 12 heteroatoms. The van der Waals surface area contributed by atoms with Crippen LogP contribution in [0.3, 0.4) is 0 Å². The van der Waals surface area contributed by atoms with Gasteiger partial charge in [-0.15, -0.1) is 13.2 Å². The fraction of sp³-hybridized carbons (Fsp3) is 0.158. The van der Waals surface area contributed by atoms with Gasteiger partial charge in [0.25, 0.3) is 5.91 Å². The summed E-state index contributed by atoms with van der Waals surface area (Å²) >= 11 is 6.17. The largest absolute Gasteiger partial charge is 0.573 e. The Morgan fingerprint density at radius 1 is 1.23 bits per heavy atom. The number of hydrogen-bond donors (Lipinski definition) is 1. The molecule has 2 heterocycles. The number of hydrogen-bond acceptors (Lipinski definition) is 5. The van der Waals surface area contributed by atoms with Gasteiger partial charge >= 0.3 is 12.4 Å². The number of carbonyl (C=O) groups excluding carboxylic acids is 2. The first-order chi connectivity index (χ1) is 14.7. The van der Waals surface area contributed by atoms with E-state index in [0.29, 0.717) is 5.69 Å². The second-order valence-electron chi connectivity index (χ2n) is 6.04. The molecule has 8 nitrogen and oxygen atoms in total. The van der Waals surface area contributed by atoms with Crippen molar-refractivity contribution in [3.8, 4) is 11.4 Å². The highest BCUT2D eigenvalue weighted by molar-refractivity contribution is 6.32. The lowest BCUT2D eigenvalue weighted by Gasteiger charge is -2.19. The van der Waals surface area contributed by atoms with E-state index in [9.17, 15) is 22.8 Å². The van der Waals surface area contributed by atoms with Crippen LogP contribution in [0, 0.1) is 0 Å². The van der Waals surface area contributed by atoms with Crippen LogP contribution in [0.2, 0.25) is 5.15 Å². The van der Waals surface area contributed by atoms with Crippen molar-refractivity contribution in [2.45, 2.75) is 13.3 Å². The van der Waals surface area contributed by atoms with Crippen molar-refractivity contribution in [1.82, 2.24) is 20.1 Å². The van der Waals surface area contributed by atoms with E-state index >= 15 is 0 Å². The lowest BCUT2D eigenvalue weighted by molar-refractivity contribution is -0.274. The number of imide groups is 1. The standard InChI is InChI=1S/C19H15ClF3N5O3/c1-2-27(15-11-28(26-16(15)20)13-4-3-9-24-10-13)18(30)25-17(29)12-5-7-14(8-6-12)31-19(21,22)23/h3-11H,2H2,1H3,(H,25,29,30). The molecule has 31 heavy (non-hydrogen) atoms. The fourth-order valence-electron chi connectivity index (χ4n) is 2.61. The zero-order valence-electron chi connectivity index (χ0n) is 15.9. The minimum Gasteiger partial charge on any atom is -0.406 e. The first-order valence-corrected chi connectivity index (χ1v) is 9.20. The molecule has 0 fully saturated rings. The first-order valence-electron chi connectivity index (χ1n) is 8.82. The molecule has 0 spiro atoms. The molecule has 0 radical (unpaired) electrons. The van der Waals surface area contributed by atoms with Gasteiger partial charge in [-0.3, -0.25) is 20.0 Å². The minimum atomic E-state index is -4.85. The molecule has 2 aromatic heterocycles. The van der Waals surface area contributed by atoms with E-state index in [2.05, 4.69) is 20.1 Å². The van der Waals surface area contributed by atoms with E-state index in [-0.39, 0.29) is 22.9 Å². The molecular weight excluding hydrogens is 439 g/mol. The predicted molar refractivity (Wildman–Crippen MR) is 105 cm³/mol. The minimum absolute atomic E-state index is 0.0296. The summed E-state index contributed by atoms with van der Waals surface area (Å²) in [4.78, 5) is 30.1. The number of amides is 3. The molecular formula is C19H15ClF3N5O3. The van der Waals surface area contributed by atoms with Crippen LogP contribution in [0.4, 0.5) is 23.7 Å². The van der Waals surface area contributed by atoms with E-state index in [0.717, 1.165) is 24.3 Å². The van der Waals surface area contributed by atoms with Gasteiger partial charge in [-0.1, -0.05) is 11.6 Å². The molecule has 0 bridgehead atoms. The summed E-state index contributed by atoms with van der Waals surface area (Å²) in [6, 6.07) is 6.82. The third-order valence-corrected chi connectivity index (χ3v) is 4.25. The number of aromatic nitrogens is 3. The Balaban J connectivity index is 1.73. The molecule has 3 amide bonds. The topological polar surface area (TPSA) is 89.4 Å². The van der Waals surface area contributed by atoms with E-state index in [1.165, 1.54) is 15.8 Å². The number of benzene rings is 1. The average Bonchev–Trinajstić information content (AvgIpc) is 3.10.